The van der Waals surface area contributed by atoms with Gasteiger partial charge in [-0.05, 0) is 92.4 Å². The Morgan fingerprint density at radius 1 is 1.15 bits per heavy atom. The van der Waals surface area contributed by atoms with Gasteiger partial charge in [0.2, 0.25) is 0 Å². The minimum absolute atomic E-state index is 0.172. The predicted molar refractivity (Wildman–Crippen MR) is 138 cm³/mol. The van der Waals surface area contributed by atoms with E-state index in [1.165, 1.54) is 12.1 Å². The summed E-state index contributed by atoms with van der Waals surface area (Å²) in [5.41, 5.74) is 2.65. The minimum Gasteiger partial charge on any atom is -0.331 e. The Balaban J connectivity index is 1.25. The molecule has 1 aliphatic heterocycles. The third-order valence-corrected chi connectivity index (χ3v) is 8.23. The van der Waals surface area contributed by atoms with Gasteiger partial charge in [0.25, 0.3) is 0 Å². The van der Waals surface area contributed by atoms with Crippen LogP contribution in [0.25, 0.3) is 10.4 Å². The van der Waals surface area contributed by atoms with Gasteiger partial charge >= 0.3 is 6.03 Å². The summed E-state index contributed by atoms with van der Waals surface area (Å²) in [6.45, 7) is 1.89. The molecule has 2 N–H and O–H groups in total. The van der Waals surface area contributed by atoms with Crippen molar-refractivity contribution in [2.45, 2.75) is 50.1 Å². The van der Waals surface area contributed by atoms with Gasteiger partial charge in [-0.3, -0.25) is 4.90 Å². The van der Waals surface area contributed by atoms with Gasteiger partial charge in [0.05, 0.1) is 11.2 Å². The second-order valence-electron chi connectivity index (χ2n) is 9.48. The Morgan fingerprint density at radius 3 is 2.68 bits per heavy atom. The summed E-state index contributed by atoms with van der Waals surface area (Å²) in [5, 5.41) is 9.05. The van der Waals surface area contributed by atoms with E-state index in [4.69, 9.17) is 11.6 Å². The van der Waals surface area contributed by atoms with Crippen LogP contribution in [0.2, 0.25) is 5.02 Å². The van der Waals surface area contributed by atoms with Crippen LogP contribution in [0.4, 0.5) is 14.9 Å². The lowest BCUT2D eigenvalue weighted by molar-refractivity contribution is 0.109. The molecule has 1 aromatic heterocycles. The fraction of sp³-hybridized carbons (Fsp3) is 0.370. The van der Waals surface area contributed by atoms with Crippen LogP contribution in [0.3, 0.4) is 0 Å². The fourth-order valence-corrected chi connectivity index (χ4v) is 6.13. The first-order valence-corrected chi connectivity index (χ1v) is 13.2. The van der Waals surface area contributed by atoms with Crippen molar-refractivity contribution in [3.05, 3.63) is 76.4 Å². The van der Waals surface area contributed by atoms with Gasteiger partial charge in [-0.2, -0.15) is 0 Å². The van der Waals surface area contributed by atoms with Crippen molar-refractivity contribution >= 4 is 34.7 Å². The Morgan fingerprint density at radius 2 is 1.97 bits per heavy atom. The van der Waals surface area contributed by atoms with Crippen LogP contribution >= 0.6 is 22.9 Å². The van der Waals surface area contributed by atoms with Crippen LogP contribution in [0.5, 0.6) is 0 Å². The summed E-state index contributed by atoms with van der Waals surface area (Å²) in [4.78, 5) is 16.7. The topological polar surface area (TPSA) is 44.4 Å². The highest BCUT2D eigenvalue weighted by Gasteiger charge is 2.42. The highest BCUT2D eigenvalue weighted by Crippen LogP contribution is 2.37. The molecule has 1 saturated carbocycles. The van der Waals surface area contributed by atoms with Gasteiger partial charge in [0.1, 0.15) is 5.82 Å². The molecule has 2 aromatic carbocycles. The van der Waals surface area contributed by atoms with Crippen LogP contribution in [0.15, 0.2) is 60.0 Å². The average Bonchev–Trinajstić information content (AvgIpc) is 3.47. The monoisotopic (exact) mass is 497 g/mol. The summed E-state index contributed by atoms with van der Waals surface area (Å²) >= 11 is 7.85. The molecule has 2 heterocycles. The third kappa shape index (κ3) is 5.29. The van der Waals surface area contributed by atoms with Crippen molar-refractivity contribution in [1.29, 1.82) is 0 Å². The molecule has 1 saturated heterocycles. The lowest BCUT2D eigenvalue weighted by atomic mass is 9.76. The normalized spacial score (nSPS) is 19.5. The van der Waals surface area contributed by atoms with Crippen molar-refractivity contribution in [3.63, 3.8) is 0 Å². The van der Waals surface area contributed by atoms with E-state index in [9.17, 15) is 9.18 Å². The molecule has 5 rings (SSSR count). The van der Waals surface area contributed by atoms with Gasteiger partial charge in [-0.15, -0.1) is 11.3 Å². The van der Waals surface area contributed by atoms with Crippen LogP contribution in [0.1, 0.15) is 37.7 Å². The average molecular weight is 498 g/mol. The number of nitrogens with zero attached hydrogens (tertiary/aromatic N) is 1. The molecule has 34 heavy (non-hydrogen) atoms. The number of carbonyl (C=O) groups is 1. The van der Waals surface area contributed by atoms with E-state index in [2.05, 4.69) is 15.5 Å². The number of benzene rings is 2. The maximum atomic E-state index is 13.3. The molecule has 1 aliphatic carbocycles. The second-order valence-corrected chi connectivity index (χ2v) is 10.9. The van der Waals surface area contributed by atoms with E-state index >= 15 is 0 Å². The van der Waals surface area contributed by atoms with Gasteiger partial charge in [0, 0.05) is 28.0 Å². The Labute approximate surface area is 209 Å². The highest BCUT2D eigenvalue weighted by atomic mass is 35.5. The van der Waals surface area contributed by atoms with Crippen LogP contribution in [-0.4, -0.2) is 35.6 Å². The maximum Gasteiger partial charge on any atom is 0.319 e. The second kappa shape index (κ2) is 10.1. The van der Waals surface area contributed by atoms with Crippen LogP contribution < -0.4 is 10.6 Å². The number of rotatable bonds is 7. The molecule has 0 bridgehead atoms. The summed E-state index contributed by atoms with van der Waals surface area (Å²) < 4.78 is 13.3. The lowest BCUT2D eigenvalue weighted by Crippen LogP contribution is -2.61. The standard InChI is InChI=1S/C27H29ClFN3OS/c28-20-8-11-24(23(17-20)25-5-2-15-34-25)30-26(33)31-27(12-3-13-27)18-32-14-1-4-22(32)16-19-6-9-21(29)10-7-19/h2,5-11,15,17,22H,1,3-4,12-14,16,18H2,(H2,30,31,33). The first kappa shape index (κ1) is 23.3. The summed E-state index contributed by atoms with van der Waals surface area (Å²) in [6.07, 6.45) is 6.30. The van der Waals surface area contributed by atoms with E-state index in [0.29, 0.717) is 11.1 Å². The molecule has 2 fully saturated rings. The molecule has 2 amide bonds. The summed E-state index contributed by atoms with van der Waals surface area (Å²) in [7, 11) is 0. The number of halogens is 2. The SMILES string of the molecule is O=C(Nc1ccc(Cl)cc1-c1cccs1)NC1(CN2CCCC2Cc2ccc(F)cc2)CCC1. The largest absolute Gasteiger partial charge is 0.331 e. The Bertz CT molecular complexity index is 1130. The fourth-order valence-electron chi connectivity index (χ4n) is 5.20. The molecule has 4 nitrogen and oxygen atoms in total. The summed E-state index contributed by atoms with van der Waals surface area (Å²) in [6, 6.07) is 16.7. The summed E-state index contributed by atoms with van der Waals surface area (Å²) in [5.74, 6) is -0.196. The van der Waals surface area contributed by atoms with E-state index in [1.54, 1.807) is 17.4 Å². The van der Waals surface area contributed by atoms with E-state index in [1.807, 2.05) is 41.8 Å². The third-order valence-electron chi connectivity index (χ3n) is 7.10. The van der Waals surface area contributed by atoms with Gasteiger partial charge in [-0.25, -0.2) is 9.18 Å². The molecule has 0 spiro atoms. The number of nitrogens with one attached hydrogen (secondary N) is 2. The molecular formula is C27H29ClFN3OS. The number of urea groups is 1. The van der Waals surface area contributed by atoms with Gasteiger partial charge in [0.15, 0.2) is 0 Å². The lowest BCUT2D eigenvalue weighted by Gasteiger charge is -2.46. The maximum absolute atomic E-state index is 13.3. The van der Waals surface area contributed by atoms with E-state index < -0.39 is 0 Å². The van der Waals surface area contributed by atoms with Gasteiger partial charge < -0.3 is 10.6 Å². The van der Waals surface area contributed by atoms with Crippen molar-refractivity contribution < 1.29 is 9.18 Å². The molecule has 3 aromatic rings. The molecule has 1 unspecified atom stereocenters. The Kier molecular flexibility index (Phi) is 6.91. The van der Waals surface area contributed by atoms with Crippen LogP contribution in [-0.2, 0) is 6.42 Å². The van der Waals surface area contributed by atoms with Crippen molar-refractivity contribution in [2.24, 2.45) is 0 Å². The smallest absolute Gasteiger partial charge is 0.319 e. The zero-order valence-corrected chi connectivity index (χ0v) is 20.6. The number of hydrogen-bond donors (Lipinski definition) is 2. The van der Waals surface area contributed by atoms with E-state index in [-0.39, 0.29) is 17.4 Å². The van der Waals surface area contributed by atoms with Gasteiger partial charge in [-0.1, -0.05) is 29.8 Å². The molecule has 178 valence electrons. The highest BCUT2D eigenvalue weighted by molar-refractivity contribution is 7.13. The molecule has 1 atom stereocenters. The zero-order valence-electron chi connectivity index (χ0n) is 19.0. The molecule has 2 aliphatic rings. The number of likely N-dealkylation sites (tertiary alicyclic amines) is 1. The Hall–Kier alpha value is -2.41. The molecule has 7 heteroatoms. The zero-order chi connectivity index (χ0) is 23.5. The first-order valence-electron chi connectivity index (χ1n) is 11.9. The van der Waals surface area contributed by atoms with Crippen LogP contribution in [0, 0.1) is 5.82 Å². The van der Waals surface area contributed by atoms with E-state index in [0.717, 1.165) is 73.3 Å². The first-order chi connectivity index (χ1) is 16.5. The number of carbonyl (C=O) groups excluding carboxylic acids is 1. The number of thiophene rings is 1. The molecular weight excluding hydrogens is 469 g/mol. The predicted octanol–water partition coefficient (Wildman–Crippen LogP) is 6.96. The minimum atomic E-state index is -0.203. The van der Waals surface area contributed by atoms with Crippen molar-refractivity contribution in [2.75, 3.05) is 18.4 Å². The number of hydrogen-bond acceptors (Lipinski definition) is 3. The molecule has 0 radical (unpaired) electrons. The van der Waals surface area contributed by atoms with Crippen molar-refractivity contribution in [3.8, 4) is 10.4 Å². The quantitative estimate of drug-likeness (QED) is 0.370. The number of amides is 2. The van der Waals surface area contributed by atoms with Crippen molar-refractivity contribution in [1.82, 2.24) is 10.2 Å². The number of anilines is 1.